The molecule has 13 heavy (non-hydrogen) atoms. The third-order valence-corrected chi connectivity index (χ3v) is 3.22. The molecule has 0 aliphatic heterocycles. The molecule has 1 aromatic rings. The molecule has 1 aromatic carbocycles. The first kappa shape index (κ1) is 8.42. The zero-order valence-electron chi connectivity index (χ0n) is 8.28. The summed E-state index contributed by atoms with van der Waals surface area (Å²) in [6, 6.07) is 0. The SMILES string of the molecule is Cc1c(N)c(N)c(C)c2c1CCC2. The van der Waals surface area contributed by atoms with E-state index in [1.54, 1.807) is 0 Å². The van der Waals surface area contributed by atoms with E-state index in [9.17, 15) is 0 Å². The van der Waals surface area contributed by atoms with Gasteiger partial charge in [0.1, 0.15) is 0 Å². The van der Waals surface area contributed by atoms with Crippen LogP contribution in [0.3, 0.4) is 0 Å². The Hall–Kier alpha value is -1.18. The number of nitrogen functional groups attached to an aromatic ring is 2. The van der Waals surface area contributed by atoms with Crippen molar-refractivity contribution in [2.75, 3.05) is 11.5 Å². The lowest BCUT2D eigenvalue weighted by molar-refractivity contribution is 0.907. The van der Waals surface area contributed by atoms with Crippen LogP contribution >= 0.6 is 0 Å². The van der Waals surface area contributed by atoms with Gasteiger partial charge in [0.05, 0.1) is 11.4 Å². The normalized spacial score (nSPS) is 14.6. The van der Waals surface area contributed by atoms with Crippen molar-refractivity contribution >= 4 is 11.4 Å². The molecule has 0 radical (unpaired) electrons. The van der Waals surface area contributed by atoms with Crippen LogP contribution < -0.4 is 11.5 Å². The van der Waals surface area contributed by atoms with Gasteiger partial charge in [-0.3, -0.25) is 0 Å². The van der Waals surface area contributed by atoms with Crippen LogP contribution in [0.5, 0.6) is 0 Å². The standard InChI is InChI=1S/C11H16N2/c1-6-8-4-3-5-9(8)7(2)11(13)10(6)12/h3-5,12-13H2,1-2H3. The molecule has 4 N–H and O–H groups in total. The van der Waals surface area contributed by atoms with Crippen LogP contribution in [0.25, 0.3) is 0 Å². The molecule has 2 heteroatoms. The highest BCUT2D eigenvalue weighted by Crippen LogP contribution is 2.36. The topological polar surface area (TPSA) is 52.0 Å². The van der Waals surface area contributed by atoms with Crippen molar-refractivity contribution in [3.63, 3.8) is 0 Å². The van der Waals surface area contributed by atoms with E-state index < -0.39 is 0 Å². The molecule has 0 unspecified atom stereocenters. The number of nitrogens with two attached hydrogens (primary N) is 2. The maximum absolute atomic E-state index is 5.93. The van der Waals surface area contributed by atoms with Gasteiger partial charge < -0.3 is 11.5 Å². The summed E-state index contributed by atoms with van der Waals surface area (Å²) < 4.78 is 0. The van der Waals surface area contributed by atoms with Gasteiger partial charge in [0, 0.05) is 0 Å². The largest absolute Gasteiger partial charge is 0.397 e. The first-order valence-electron chi connectivity index (χ1n) is 4.78. The van der Waals surface area contributed by atoms with Crippen molar-refractivity contribution < 1.29 is 0 Å². The Bertz CT molecular complexity index is 332. The van der Waals surface area contributed by atoms with Gasteiger partial charge in [-0.05, 0) is 55.4 Å². The van der Waals surface area contributed by atoms with Crippen LogP contribution in [-0.4, -0.2) is 0 Å². The van der Waals surface area contributed by atoms with Crippen LogP contribution in [0, 0.1) is 13.8 Å². The second-order valence-corrected chi connectivity index (χ2v) is 3.89. The van der Waals surface area contributed by atoms with Crippen LogP contribution in [0.15, 0.2) is 0 Å². The Kier molecular flexibility index (Phi) is 1.72. The highest BCUT2D eigenvalue weighted by molar-refractivity contribution is 5.75. The maximum Gasteiger partial charge on any atom is 0.0583 e. The molecule has 0 saturated heterocycles. The molecule has 0 heterocycles. The van der Waals surface area contributed by atoms with Crippen molar-refractivity contribution in [3.8, 4) is 0 Å². The van der Waals surface area contributed by atoms with Gasteiger partial charge in [0.15, 0.2) is 0 Å². The summed E-state index contributed by atoms with van der Waals surface area (Å²) >= 11 is 0. The van der Waals surface area contributed by atoms with Gasteiger partial charge in [-0.15, -0.1) is 0 Å². The second-order valence-electron chi connectivity index (χ2n) is 3.89. The fraction of sp³-hybridized carbons (Fsp3) is 0.455. The Morgan fingerprint density at radius 1 is 0.846 bits per heavy atom. The number of hydrogen-bond donors (Lipinski definition) is 2. The Morgan fingerprint density at radius 3 is 1.62 bits per heavy atom. The van der Waals surface area contributed by atoms with E-state index in [1.807, 2.05) is 0 Å². The summed E-state index contributed by atoms with van der Waals surface area (Å²) in [4.78, 5) is 0. The lowest BCUT2D eigenvalue weighted by Gasteiger charge is -2.14. The molecule has 0 amide bonds. The highest BCUT2D eigenvalue weighted by atomic mass is 14.7. The predicted octanol–water partition coefficient (Wildman–Crippen LogP) is 1.96. The van der Waals surface area contributed by atoms with E-state index in [1.165, 1.54) is 41.5 Å². The number of fused-ring (bicyclic) bond motifs is 1. The molecule has 70 valence electrons. The minimum Gasteiger partial charge on any atom is -0.397 e. The molecule has 0 bridgehead atoms. The van der Waals surface area contributed by atoms with Crippen LogP contribution in [0.1, 0.15) is 28.7 Å². The van der Waals surface area contributed by atoms with Crippen molar-refractivity contribution in [1.29, 1.82) is 0 Å². The van der Waals surface area contributed by atoms with E-state index in [0.29, 0.717) is 0 Å². The average Bonchev–Trinajstić information content (AvgIpc) is 2.59. The Balaban J connectivity index is 2.77. The Labute approximate surface area is 78.9 Å². The summed E-state index contributed by atoms with van der Waals surface area (Å²) in [5.41, 5.74) is 18.7. The molecule has 2 nitrogen and oxygen atoms in total. The first-order valence-corrected chi connectivity index (χ1v) is 4.78. The van der Waals surface area contributed by atoms with Gasteiger partial charge in [-0.25, -0.2) is 0 Å². The quantitative estimate of drug-likeness (QED) is 0.594. The molecule has 2 rings (SSSR count). The number of hydrogen-bond acceptors (Lipinski definition) is 2. The Morgan fingerprint density at radius 2 is 1.23 bits per heavy atom. The molecule has 1 aliphatic carbocycles. The van der Waals surface area contributed by atoms with Gasteiger partial charge >= 0.3 is 0 Å². The monoisotopic (exact) mass is 176 g/mol. The molecular formula is C11H16N2. The lowest BCUT2D eigenvalue weighted by atomic mass is 9.96. The molecule has 0 spiro atoms. The summed E-state index contributed by atoms with van der Waals surface area (Å²) in [7, 11) is 0. The van der Waals surface area contributed by atoms with Gasteiger partial charge in [-0.2, -0.15) is 0 Å². The maximum atomic E-state index is 5.93. The molecular weight excluding hydrogens is 160 g/mol. The third kappa shape index (κ3) is 1.01. The summed E-state index contributed by atoms with van der Waals surface area (Å²) in [5.74, 6) is 0. The van der Waals surface area contributed by atoms with Crippen LogP contribution in [0.4, 0.5) is 11.4 Å². The van der Waals surface area contributed by atoms with Gasteiger partial charge in [0.25, 0.3) is 0 Å². The van der Waals surface area contributed by atoms with Crippen LogP contribution in [-0.2, 0) is 12.8 Å². The van der Waals surface area contributed by atoms with Crippen molar-refractivity contribution in [2.24, 2.45) is 0 Å². The van der Waals surface area contributed by atoms with Crippen molar-refractivity contribution in [3.05, 3.63) is 22.3 Å². The summed E-state index contributed by atoms with van der Waals surface area (Å²) in [5, 5.41) is 0. The third-order valence-electron chi connectivity index (χ3n) is 3.22. The first-order chi connectivity index (χ1) is 6.13. The van der Waals surface area contributed by atoms with E-state index in [2.05, 4.69) is 13.8 Å². The fourth-order valence-electron chi connectivity index (χ4n) is 2.30. The predicted molar refractivity (Wildman–Crippen MR) is 56.8 cm³/mol. The smallest absolute Gasteiger partial charge is 0.0583 e. The molecule has 0 atom stereocenters. The number of benzene rings is 1. The number of anilines is 2. The minimum atomic E-state index is 0.790. The van der Waals surface area contributed by atoms with E-state index >= 15 is 0 Å². The summed E-state index contributed by atoms with van der Waals surface area (Å²) in [6.07, 6.45) is 3.60. The molecule has 0 fully saturated rings. The van der Waals surface area contributed by atoms with Crippen molar-refractivity contribution in [2.45, 2.75) is 33.1 Å². The number of rotatable bonds is 0. The van der Waals surface area contributed by atoms with Gasteiger partial charge in [-0.1, -0.05) is 0 Å². The highest BCUT2D eigenvalue weighted by Gasteiger charge is 2.19. The van der Waals surface area contributed by atoms with E-state index in [4.69, 9.17) is 11.5 Å². The van der Waals surface area contributed by atoms with E-state index in [-0.39, 0.29) is 0 Å². The van der Waals surface area contributed by atoms with E-state index in [0.717, 1.165) is 11.4 Å². The van der Waals surface area contributed by atoms with Crippen LogP contribution in [0.2, 0.25) is 0 Å². The summed E-state index contributed by atoms with van der Waals surface area (Å²) in [6.45, 7) is 4.16. The molecule has 0 saturated carbocycles. The molecule has 0 aromatic heterocycles. The fourth-order valence-corrected chi connectivity index (χ4v) is 2.30. The zero-order valence-corrected chi connectivity index (χ0v) is 8.28. The van der Waals surface area contributed by atoms with Gasteiger partial charge in [0.2, 0.25) is 0 Å². The van der Waals surface area contributed by atoms with Crippen molar-refractivity contribution in [1.82, 2.24) is 0 Å². The average molecular weight is 176 g/mol. The minimum absolute atomic E-state index is 0.790. The lowest BCUT2D eigenvalue weighted by Crippen LogP contribution is -2.04. The second kappa shape index (κ2) is 2.66. The zero-order chi connectivity index (χ0) is 9.59. The molecule has 1 aliphatic rings.